The summed E-state index contributed by atoms with van der Waals surface area (Å²) in [4.78, 5) is 11.7. The third kappa shape index (κ3) is 4.20. The predicted octanol–water partition coefficient (Wildman–Crippen LogP) is 1.67. The molecule has 0 aromatic heterocycles. The van der Waals surface area contributed by atoms with Crippen molar-refractivity contribution in [3.8, 4) is 0 Å². The molecule has 3 N–H and O–H groups in total. The third-order valence-corrected chi connectivity index (χ3v) is 3.42. The monoisotopic (exact) mass is 212 g/mol. The van der Waals surface area contributed by atoms with Gasteiger partial charge >= 0.3 is 0 Å². The van der Waals surface area contributed by atoms with Crippen LogP contribution < -0.4 is 11.1 Å². The molecule has 1 saturated carbocycles. The summed E-state index contributed by atoms with van der Waals surface area (Å²) in [5, 5.41) is 3.06. The van der Waals surface area contributed by atoms with E-state index in [-0.39, 0.29) is 11.9 Å². The van der Waals surface area contributed by atoms with Crippen molar-refractivity contribution in [2.75, 3.05) is 6.54 Å². The summed E-state index contributed by atoms with van der Waals surface area (Å²) in [6.45, 7) is 4.87. The van der Waals surface area contributed by atoms with Crippen molar-refractivity contribution >= 4 is 5.91 Å². The molecule has 1 aliphatic carbocycles. The second-order valence-electron chi connectivity index (χ2n) is 4.63. The van der Waals surface area contributed by atoms with Gasteiger partial charge in [-0.25, -0.2) is 0 Å². The van der Waals surface area contributed by atoms with Crippen LogP contribution in [0.25, 0.3) is 0 Å². The van der Waals surface area contributed by atoms with Gasteiger partial charge in [0.1, 0.15) is 0 Å². The fourth-order valence-electron chi connectivity index (χ4n) is 1.97. The summed E-state index contributed by atoms with van der Waals surface area (Å²) in [5.41, 5.74) is 5.64. The predicted molar refractivity (Wildman–Crippen MR) is 62.4 cm³/mol. The minimum Gasteiger partial charge on any atom is -0.352 e. The Morgan fingerprint density at radius 1 is 1.40 bits per heavy atom. The van der Waals surface area contributed by atoms with Crippen LogP contribution in [0.4, 0.5) is 0 Å². The Hall–Kier alpha value is -0.570. The zero-order chi connectivity index (χ0) is 11.3. The second-order valence-corrected chi connectivity index (χ2v) is 4.63. The van der Waals surface area contributed by atoms with Gasteiger partial charge in [-0.2, -0.15) is 0 Å². The van der Waals surface area contributed by atoms with Crippen LogP contribution in [0.3, 0.4) is 0 Å². The highest BCUT2D eigenvalue weighted by atomic mass is 16.1. The molecule has 1 fully saturated rings. The van der Waals surface area contributed by atoms with Crippen molar-refractivity contribution in [1.82, 2.24) is 5.32 Å². The number of carbonyl (C=O) groups excluding carboxylic acids is 1. The van der Waals surface area contributed by atoms with Crippen LogP contribution in [-0.4, -0.2) is 18.5 Å². The van der Waals surface area contributed by atoms with Gasteiger partial charge in [0, 0.05) is 19.0 Å². The summed E-state index contributed by atoms with van der Waals surface area (Å²) in [7, 11) is 0. The van der Waals surface area contributed by atoms with Gasteiger partial charge in [0.15, 0.2) is 0 Å². The van der Waals surface area contributed by atoms with Crippen molar-refractivity contribution in [2.45, 2.75) is 52.0 Å². The molecule has 0 radical (unpaired) electrons. The first-order valence-electron chi connectivity index (χ1n) is 6.20. The van der Waals surface area contributed by atoms with Crippen LogP contribution in [0.2, 0.25) is 0 Å². The first kappa shape index (κ1) is 12.5. The van der Waals surface area contributed by atoms with Gasteiger partial charge in [-0.15, -0.1) is 0 Å². The average Bonchev–Trinajstić information content (AvgIpc) is 3.06. The lowest BCUT2D eigenvalue weighted by Gasteiger charge is -2.18. The van der Waals surface area contributed by atoms with Crippen LogP contribution in [-0.2, 0) is 4.79 Å². The first-order valence-corrected chi connectivity index (χ1v) is 6.20. The molecule has 3 heteroatoms. The van der Waals surface area contributed by atoms with Gasteiger partial charge in [0.05, 0.1) is 0 Å². The van der Waals surface area contributed by atoms with Crippen molar-refractivity contribution in [3.05, 3.63) is 0 Å². The van der Waals surface area contributed by atoms with Gasteiger partial charge in [-0.3, -0.25) is 4.79 Å². The molecule has 1 rings (SSSR count). The molecule has 0 aromatic rings. The molecule has 88 valence electrons. The smallest absolute Gasteiger partial charge is 0.220 e. The summed E-state index contributed by atoms with van der Waals surface area (Å²) in [5.74, 6) is 1.37. The second kappa shape index (κ2) is 6.11. The van der Waals surface area contributed by atoms with Gasteiger partial charge < -0.3 is 11.1 Å². The molecule has 0 bridgehead atoms. The zero-order valence-electron chi connectivity index (χ0n) is 9.96. The molecule has 1 amide bonds. The number of carbonyl (C=O) groups is 1. The number of nitrogens with one attached hydrogen (secondary N) is 1. The van der Waals surface area contributed by atoms with Gasteiger partial charge in [0.25, 0.3) is 0 Å². The molecule has 0 heterocycles. The lowest BCUT2D eigenvalue weighted by Crippen LogP contribution is -2.42. The summed E-state index contributed by atoms with van der Waals surface area (Å²) in [6, 6.07) is 0.229. The van der Waals surface area contributed by atoms with E-state index in [4.69, 9.17) is 5.73 Å². The SMILES string of the molecule is CCC(CC)CC(=O)NC(CN)C1CC1. The minimum absolute atomic E-state index is 0.186. The third-order valence-electron chi connectivity index (χ3n) is 3.42. The summed E-state index contributed by atoms with van der Waals surface area (Å²) < 4.78 is 0. The largest absolute Gasteiger partial charge is 0.352 e. The van der Waals surface area contributed by atoms with E-state index in [0.717, 1.165) is 12.8 Å². The number of nitrogens with two attached hydrogens (primary N) is 1. The van der Waals surface area contributed by atoms with Crippen LogP contribution in [0.5, 0.6) is 0 Å². The molecule has 15 heavy (non-hydrogen) atoms. The van der Waals surface area contributed by atoms with E-state index in [9.17, 15) is 4.79 Å². The minimum atomic E-state index is 0.186. The topological polar surface area (TPSA) is 55.1 Å². The Kier molecular flexibility index (Phi) is 5.09. The molecule has 1 aliphatic rings. The average molecular weight is 212 g/mol. The van der Waals surface area contributed by atoms with Crippen molar-refractivity contribution < 1.29 is 4.79 Å². The Bertz CT molecular complexity index is 198. The molecule has 1 atom stereocenters. The molecule has 0 spiro atoms. The number of hydrogen-bond acceptors (Lipinski definition) is 2. The highest BCUT2D eigenvalue weighted by Gasteiger charge is 2.31. The van der Waals surface area contributed by atoms with E-state index in [1.165, 1.54) is 12.8 Å². The summed E-state index contributed by atoms with van der Waals surface area (Å²) >= 11 is 0. The van der Waals surface area contributed by atoms with Gasteiger partial charge in [-0.1, -0.05) is 26.7 Å². The molecule has 0 aliphatic heterocycles. The van der Waals surface area contributed by atoms with Crippen molar-refractivity contribution in [3.63, 3.8) is 0 Å². The van der Waals surface area contributed by atoms with Crippen molar-refractivity contribution in [1.29, 1.82) is 0 Å². The van der Waals surface area contributed by atoms with E-state index in [2.05, 4.69) is 19.2 Å². The maximum absolute atomic E-state index is 11.7. The standard InChI is InChI=1S/C12H24N2O/c1-3-9(4-2)7-12(15)14-11(8-13)10-5-6-10/h9-11H,3-8,13H2,1-2H3,(H,14,15). The zero-order valence-corrected chi connectivity index (χ0v) is 9.96. The fourth-order valence-corrected chi connectivity index (χ4v) is 1.97. The number of hydrogen-bond donors (Lipinski definition) is 2. The highest BCUT2D eigenvalue weighted by molar-refractivity contribution is 5.76. The Balaban J connectivity index is 2.26. The highest BCUT2D eigenvalue weighted by Crippen LogP contribution is 2.32. The van der Waals surface area contributed by atoms with E-state index >= 15 is 0 Å². The fraction of sp³-hybridized carbons (Fsp3) is 0.917. The van der Waals surface area contributed by atoms with E-state index in [1.807, 2.05) is 0 Å². The quantitative estimate of drug-likeness (QED) is 0.674. The molecule has 3 nitrogen and oxygen atoms in total. The molecule has 0 saturated heterocycles. The van der Waals surface area contributed by atoms with Crippen LogP contribution >= 0.6 is 0 Å². The molecule has 1 unspecified atom stereocenters. The van der Waals surface area contributed by atoms with E-state index in [1.54, 1.807) is 0 Å². The van der Waals surface area contributed by atoms with Crippen LogP contribution in [0.15, 0.2) is 0 Å². The van der Waals surface area contributed by atoms with Crippen molar-refractivity contribution in [2.24, 2.45) is 17.6 Å². The maximum Gasteiger partial charge on any atom is 0.220 e. The summed E-state index contributed by atoms with van der Waals surface area (Å²) in [6.07, 6.45) is 5.29. The molecular weight excluding hydrogens is 188 g/mol. The normalized spacial score (nSPS) is 17.9. The Morgan fingerprint density at radius 3 is 2.40 bits per heavy atom. The van der Waals surface area contributed by atoms with E-state index in [0.29, 0.717) is 24.8 Å². The maximum atomic E-state index is 11.7. The molecule has 0 aromatic carbocycles. The van der Waals surface area contributed by atoms with Crippen LogP contribution in [0, 0.1) is 11.8 Å². The first-order chi connectivity index (χ1) is 7.21. The number of rotatable bonds is 7. The Labute approximate surface area is 92.8 Å². The number of amides is 1. The lowest BCUT2D eigenvalue weighted by molar-refractivity contribution is -0.122. The van der Waals surface area contributed by atoms with Crippen LogP contribution in [0.1, 0.15) is 46.0 Å². The Morgan fingerprint density at radius 2 is 2.00 bits per heavy atom. The lowest BCUT2D eigenvalue weighted by atomic mass is 9.99. The van der Waals surface area contributed by atoms with Gasteiger partial charge in [-0.05, 0) is 24.7 Å². The van der Waals surface area contributed by atoms with Gasteiger partial charge in [0.2, 0.25) is 5.91 Å². The molecular formula is C12H24N2O. The van der Waals surface area contributed by atoms with E-state index < -0.39 is 0 Å².